The van der Waals surface area contributed by atoms with Crippen LogP contribution in [-0.2, 0) is 4.79 Å². The maximum atomic E-state index is 12.9. The molecule has 3 rings (SSSR count). The topological polar surface area (TPSA) is 32.3 Å². The monoisotopic (exact) mass is 234 g/mol. The second kappa shape index (κ2) is 3.81. The zero-order chi connectivity index (χ0) is 11.9. The van der Waals surface area contributed by atoms with E-state index < -0.39 is 0 Å². The molecule has 0 bridgehead atoms. The van der Waals surface area contributed by atoms with Crippen LogP contribution in [0, 0.1) is 11.2 Å². The highest BCUT2D eigenvalue weighted by Gasteiger charge is 2.45. The Morgan fingerprint density at radius 1 is 1.29 bits per heavy atom. The van der Waals surface area contributed by atoms with Crippen molar-refractivity contribution >= 4 is 11.6 Å². The molecule has 2 aliphatic heterocycles. The molecular weight excluding hydrogens is 219 g/mol. The van der Waals surface area contributed by atoms with E-state index in [-0.39, 0.29) is 17.1 Å². The lowest BCUT2D eigenvalue weighted by Crippen LogP contribution is -2.29. The molecule has 3 nitrogen and oxygen atoms in total. The van der Waals surface area contributed by atoms with Crippen molar-refractivity contribution in [1.29, 1.82) is 0 Å². The van der Waals surface area contributed by atoms with E-state index in [9.17, 15) is 9.18 Å². The number of carbonyl (C=O) groups is 1. The van der Waals surface area contributed by atoms with Crippen molar-refractivity contribution in [3.8, 4) is 0 Å². The van der Waals surface area contributed by atoms with Gasteiger partial charge in [-0.05, 0) is 37.2 Å². The first-order valence-corrected chi connectivity index (χ1v) is 5.95. The van der Waals surface area contributed by atoms with Crippen LogP contribution < -0.4 is 10.2 Å². The van der Waals surface area contributed by atoms with E-state index in [2.05, 4.69) is 5.32 Å². The summed E-state index contributed by atoms with van der Waals surface area (Å²) in [6.45, 7) is 2.66. The average Bonchev–Trinajstić information content (AvgIpc) is 2.88. The van der Waals surface area contributed by atoms with Gasteiger partial charge in [0.2, 0.25) is 5.91 Å². The molecule has 1 amide bonds. The molecule has 1 aromatic carbocycles. The third kappa shape index (κ3) is 1.82. The van der Waals surface area contributed by atoms with Crippen LogP contribution in [0.2, 0.25) is 0 Å². The first-order chi connectivity index (χ1) is 8.19. The van der Waals surface area contributed by atoms with Gasteiger partial charge in [0.05, 0.1) is 0 Å². The number of rotatable bonds is 1. The van der Waals surface area contributed by atoms with E-state index in [4.69, 9.17) is 0 Å². The van der Waals surface area contributed by atoms with Gasteiger partial charge in [-0.2, -0.15) is 0 Å². The molecule has 2 heterocycles. The summed E-state index contributed by atoms with van der Waals surface area (Å²) in [5.41, 5.74) is 0.908. The van der Waals surface area contributed by atoms with Crippen LogP contribution in [-0.4, -0.2) is 25.5 Å². The molecule has 2 aliphatic rings. The lowest BCUT2D eigenvalue weighted by Gasteiger charge is -2.22. The molecule has 2 fully saturated rings. The fourth-order valence-corrected chi connectivity index (χ4v) is 2.83. The summed E-state index contributed by atoms with van der Waals surface area (Å²) in [7, 11) is 0. The summed E-state index contributed by atoms with van der Waals surface area (Å²) in [6, 6.07) is 6.16. The van der Waals surface area contributed by atoms with Crippen molar-refractivity contribution in [2.45, 2.75) is 12.8 Å². The molecule has 17 heavy (non-hydrogen) atoms. The van der Waals surface area contributed by atoms with Crippen molar-refractivity contribution in [2.24, 2.45) is 5.41 Å². The molecule has 1 N–H and O–H groups in total. The number of hydrogen-bond donors (Lipinski definition) is 1. The van der Waals surface area contributed by atoms with Gasteiger partial charge in [0, 0.05) is 30.6 Å². The minimum atomic E-state index is -0.266. The van der Waals surface area contributed by atoms with Crippen LogP contribution in [0.3, 0.4) is 0 Å². The Morgan fingerprint density at radius 2 is 2.06 bits per heavy atom. The highest BCUT2D eigenvalue weighted by molar-refractivity contribution is 5.96. The molecule has 2 saturated heterocycles. The lowest BCUT2D eigenvalue weighted by molar-refractivity contribution is -0.117. The number of carbonyl (C=O) groups excluding carboxylic acids is 1. The summed E-state index contributed by atoms with van der Waals surface area (Å²) < 4.78 is 12.9. The van der Waals surface area contributed by atoms with Crippen LogP contribution in [0.4, 0.5) is 10.1 Å². The lowest BCUT2D eigenvalue weighted by atomic mass is 9.86. The predicted octanol–water partition coefficient (Wildman–Crippen LogP) is 1.54. The quantitative estimate of drug-likeness (QED) is 0.799. The van der Waals surface area contributed by atoms with Crippen molar-refractivity contribution < 1.29 is 9.18 Å². The van der Waals surface area contributed by atoms with Gasteiger partial charge in [0.15, 0.2) is 0 Å². The average molecular weight is 234 g/mol. The Hall–Kier alpha value is -1.42. The van der Waals surface area contributed by atoms with Gasteiger partial charge in [-0.1, -0.05) is 0 Å². The number of amides is 1. The minimum Gasteiger partial charge on any atom is -0.316 e. The highest BCUT2D eigenvalue weighted by atomic mass is 19.1. The van der Waals surface area contributed by atoms with Crippen LogP contribution >= 0.6 is 0 Å². The summed E-state index contributed by atoms with van der Waals surface area (Å²) in [5, 5.41) is 3.32. The molecule has 0 saturated carbocycles. The Labute approximate surface area is 99.6 Å². The molecule has 1 aromatic rings. The van der Waals surface area contributed by atoms with Crippen LogP contribution in [0.15, 0.2) is 24.3 Å². The number of nitrogens with one attached hydrogen (secondary N) is 1. The highest BCUT2D eigenvalue weighted by Crippen LogP contribution is 2.38. The summed E-state index contributed by atoms with van der Waals surface area (Å²) >= 11 is 0. The second-order valence-electron chi connectivity index (χ2n) is 5.06. The van der Waals surface area contributed by atoms with E-state index in [0.29, 0.717) is 6.42 Å². The molecule has 0 aromatic heterocycles. The van der Waals surface area contributed by atoms with E-state index in [1.165, 1.54) is 12.1 Å². The molecule has 0 radical (unpaired) electrons. The fourth-order valence-electron chi connectivity index (χ4n) is 2.83. The van der Waals surface area contributed by atoms with Gasteiger partial charge < -0.3 is 10.2 Å². The Balaban J connectivity index is 1.85. The van der Waals surface area contributed by atoms with Crippen molar-refractivity contribution in [3.63, 3.8) is 0 Å². The predicted molar refractivity (Wildman–Crippen MR) is 63.3 cm³/mol. The zero-order valence-electron chi connectivity index (χ0n) is 9.58. The van der Waals surface area contributed by atoms with Gasteiger partial charge in [0.25, 0.3) is 0 Å². The molecular formula is C13H15FN2O. The molecule has 90 valence electrons. The fraction of sp³-hybridized carbons (Fsp3) is 0.462. The maximum Gasteiger partial charge on any atom is 0.227 e. The van der Waals surface area contributed by atoms with Crippen molar-refractivity contribution in [1.82, 2.24) is 5.32 Å². The molecule has 1 spiro atoms. The first-order valence-electron chi connectivity index (χ1n) is 5.95. The number of benzene rings is 1. The van der Waals surface area contributed by atoms with Gasteiger partial charge in [-0.15, -0.1) is 0 Å². The number of anilines is 1. The number of hydrogen-bond acceptors (Lipinski definition) is 2. The zero-order valence-corrected chi connectivity index (χ0v) is 9.58. The maximum absolute atomic E-state index is 12.9. The third-order valence-corrected chi connectivity index (χ3v) is 3.79. The van der Waals surface area contributed by atoms with E-state index in [0.717, 1.165) is 31.7 Å². The third-order valence-electron chi connectivity index (χ3n) is 3.79. The van der Waals surface area contributed by atoms with E-state index >= 15 is 0 Å². The number of halogens is 1. The van der Waals surface area contributed by atoms with Gasteiger partial charge in [-0.25, -0.2) is 4.39 Å². The Bertz CT molecular complexity index is 437. The van der Waals surface area contributed by atoms with E-state index in [1.807, 2.05) is 0 Å². The van der Waals surface area contributed by atoms with E-state index in [1.54, 1.807) is 17.0 Å². The van der Waals surface area contributed by atoms with Gasteiger partial charge >= 0.3 is 0 Å². The van der Waals surface area contributed by atoms with Crippen LogP contribution in [0.5, 0.6) is 0 Å². The largest absolute Gasteiger partial charge is 0.316 e. The van der Waals surface area contributed by atoms with Crippen LogP contribution in [0.1, 0.15) is 12.8 Å². The minimum absolute atomic E-state index is 0.103. The Kier molecular flexibility index (Phi) is 2.40. The molecule has 4 heteroatoms. The number of nitrogens with zero attached hydrogens (tertiary/aromatic N) is 1. The normalized spacial score (nSPS) is 28.3. The smallest absolute Gasteiger partial charge is 0.227 e. The van der Waals surface area contributed by atoms with Crippen molar-refractivity contribution in [2.75, 3.05) is 24.5 Å². The molecule has 0 aliphatic carbocycles. The van der Waals surface area contributed by atoms with Gasteiger partial charge in [-0.3, -0.25) is 4.79 Å². The van der Waals surface area contributed by atoms with Crippen molar-refractivity contribution in [3.05, 3.63) is 30.1 Å². The SMILES string of the molecule is O=C1C[C@]2(CCNC2)CN1c1ccc(F)cc1. The standard InChI is InChI=1S/C13H15FN2O/c14-10-1-3-11(4-2-10)16-9-13(7-12(16)17)5-6-15-8-13/h1-4,15H,5-9H2/t13-/m0/s1. The summed E-state index contributed by atoms with van der Waals surface area (Å²) in [6.07, 6.45) is 1.66. The summed E-state index contributed by atoms with van der Waals surface area (Å²) in [4.78, 5) is 13.8. The molecule has 0 unspecified atom stereocenters. The second-order valence-corrected chi connectivity index (χ2v) is 5.06. The first kappa shape index (κ1) is 10.7. The Morgan fingerprint density at radius 3 is 2.71 bits per heavy atom. The van der Waals surface area contributed by atoms with Crippen LogP contribution in [0.25, 0.3) is 0 Å². The molecule has 1 atom stereocenters. The summed E-state index contributed by atoms with van der Waals surface area (Å²) in [5.74, 6) is -0.113. The van der Waals surface area contributed by atoms with Gasteiger partial charge in [0.1, 0.15) is 5.82 Å².